The number of ether oxygens (including phenoxy) is 5. The second-order valence-electron chi connectivity index (χ2n) is 3.70. The maximum atomic E-state index is 5.27. The van der Waals surface area contributed by atoms with Gasteiger partial charge in [0, 0.05) is 32.0 Å². The van der Waals surface area contributed by atoms with Crippen LogP contribution in [0.1, 0.15) is 0 Å². The molecule has 0 fully saturated rings. The van der Waals surface area contributed by atoms with Gasteiger partial charge in [0.15, 0.2) is 17.8 Å². The van der Waals surface area contributed by atoms with E-state index in [0.717, 1.165) is 5.69 Å². The lowest BCUT2D eigenvalue weighted by molar-refractivity contribution is -0.0914. The van der Waals surface area contributed by atoms with Crippen molar-refractivity contribution < 1.29 is 23.7 Å². The van der Waals surface area contributed by atoms with E-state index in [1.807, 2.05) is 12.1 Å². The van der Waals surface area contributed by atoms with Gasteiger partial charge in [-0.15, -0.1) is 0 Å². The van der Waals surface area contributed by atoms with Crippen molar-refractivity contribution >= 4 is 5.69 Å². The van der Waals surface area contributed by atoms with Crippen molar-refractivity contribution in [3.05, 3.63) is 12.1 Å². The molecule has 1 rings (SSSR count). The first-order valence-electron chi connectivity index (χ1n) is 5.79. The van der Waals surface area contributed by atoms with Gasteiger partial charge in [0.05, 0.1) is 27.9 Å². The van der Waals surface area contributed by atoms with E-state index in [1.54, 1.807) is 35.5 Å². The van der Waals surface area contributed by atoms with Crippen LogP contribution < -0.4 is 19.5 Å². The van der Waals surface area contributed by atoms with Crippen molar-refractivity contribution in [3.63, 3.8) is 0 Å². The Morgan fingerprint density at radius 1 is 0.895 bits per heavy atom. The van der Waals surface area contributed by atoms with Crippen LogP contribution in [0.3, 0.4) is 0 Å². The van der Waals surface area contributed by atoms with E-state index in [1.165, 1.54) is 0 Å². The highest BCUT2D eigenvalue weighted by atomic mass is 16.7. The van der Waals surface area contributed by atoms with E-state index in [9.17, 15) is 0 Å². The van der Waals surface area contributed by atoms with Gasteiger partial charge in [-0.2, -0.15) is 0 Å². The Morgan fingerprint density at radius 3 is 1.79 bits per heavy atom. The van der Waals surface area contributed by atoms with Crippen molar-refractivity contribution in [2.75, 3.05) is 47.4 Å². The quantitative estimate of drug-likeness (QED) is 0.727. The molecule has 1 aromatic rings. The first-order valence-corrected chi connectivity index (χ1v) is 5.79. The molecule has 0 bridgehead atoms. The molecular weight excluding hydrogens is 250 g/mol. The number of hydrogen-bond donors (Lipinski definition) is 1. The molecule has 0 aliphatic rings. The van der Waals surface area contributed by atoms with Crippen LogP contribution in [0.25, 0.3) is 0 Å². The zero-order chi connectivity index (χ0) is 14.3. The maximum absolute atomic E-state index is 5.27. The average Bonchev–Trinajstić information content (AvgIpc) is 2.46. The molecule has 6 nitrogen and oxygen atoms in total. The molecule has 0 radical (unpaired) electrons. The zero-order valence-electron chi connectivity index (χ0n) is 12.0. The van der Waals surface area contributed by atoms with Crippen LogP contribution >= 0.6 is 0 Å². The van der Waals surface area contributed by atoms with Gasteiger partial charge in [-0.1, -0.05) is 0 Å². The highest BCUT2D eigenvalue weighted by Gasteiger charge is 2.13. The standard InChI is InChI=1S/C13H21NO5/c1-15-10-6-9(14-8-12(17-3)18-4)7-11(16-2)13(10)19-5/h6-7,12,14H,8H2,1-5H3. The SMILES string of the molecule is COc1cc(NCC(OC)OC)cc(OC)c1OC. The molecule has 19 heavy (non-hydrogen) atoms. The minimum absolute atomic E-state index is 0.320. The van der Waals surface area contributed by atoms with E-state index in [0.29, 0.717) is 23.8 Å². The second-order valence-corrected chi connectivity index (χ2v) is 3.70. The molecule has 0 atom stereocenters. The third kappa shape index (κ3) is 3.90. The fraction of sp³-hybridized carbons (Fsp3) is 0.538. The van der Waals surface area contributed by atoms with Crippen LogP contribution in [0.4, 0.5) is 5.69 Å². The Labute approximate surface area is 113 Å². The molecule has 0 aliphatic carbocycles. The summed E-state index contributed by atoms with van der Waals surface area (Å²) in [6.07, 6.45) is -0.320. The smallest absolute Gasteiger partial charge is 0.203 e. The van der Waals surface area contributed by atoms with Gasteiger partial charge in [0.25, 0.3) is 0 Å². The highest BCUT2D eigenvalue weighted by molar-refractivity contribution is 5.62. The van der Waals surface area contributed by atoms with Crippen LogP contribution in [0.5, 0.6) is 17.2 Å². The molecule has 0 spiro atoms. The van der Waals surface area contributed by atoms with Gasteiger partial charge < -0.3 is 29.0 Å². The number of anilines is 1. The van der Waals surface area contributed by atoms with Crippen LogP contribution in [0.15, 0.2) is 12.1 Å². The van der Waals surface area contributed by atoms with Crippen molar-refractivity contribution in [3.8, 4) is 17.2 Å². The maximum Gasteiger partial charge on any atom is 0.203 e. The minimum atomic E-state index is -0.320. The van der Waals surface area contributed by atoms with E-state index in [4.69, 9.17) is 23.7 Å². The number of nitrogens with one attached hydrogen (secondary N) is 1. The molecule has 0 amide bonds. The molecule has 0 saturated heterocycles. The second kappa shape index (κ2) is 7.70. The minimum Gasteiger partial charge on any atom is -0.493 e. The third-order valence-corrected chi connectivity index (χ3v) is 2.66. The van der Waals surface area contributed by atoms with E-state index in [-0.39, 0.29) is 6.29 Å². The third-order valence-electron chi connectivity index (χ3n) is 2.66. The first-order chi connectivity index (χ1) is 9.19. The molecule has 0 aromatic heterocycles. The average molecular weight is 271 g/mol. The summed E-state index contributed by atoms with van der Waals surface area (Å²) in [5.41, 5.74) is 0.827. The summed E-state index contributed by atoms with van der Waals surface area (Å²) in [5.74, 6) is 1.75. The van der Waals surface area contributed by atoms with Crippen LogP contribution in [-0.4, -0.2) is 48.4 Å². The summed E-state index contributed by atoms with van der Waals surface area (Å²) in [4.78, 5) is 0. The summed E-state index contributed by atoms with van der Waals surface area (Å²) >= 11 is 0. The van der Waals surface area contributed by atoms with Crippen molar-refractivity contribution in [1.82, 2.24) is 0 Å². The normalized spacial score (nSPS) is 10.4. The molecule has 1 N–H and O–H groups in total. The van der Waals surface area contributed by atoms with Crippen molar-refractivity contribution in [2.24, 2.45) is 0 Å². The van der Waals surface area contributed by atoms with E-state index < -0.39 is 0 Å². The van der Waals surface area contributed by atoms with E-state index in [2.05, 4.69) is 5.32 Å². The van der Waals surface area contributed by atoms with Crippen molar-refractivity contribution in [1.29, 1.82) is 0 Å². The largest absolute Gasteiger partial charge is 0.493 e. The van der Waals surface area contributed by atoms with Crippen molar-refractivity contribution in [2.45, 2.75) is 6.29 Å². The first kappa shape index (κ1) is 15.4. The molecular formula is C13H21NO5. The van der Waals surface area contributed by atoms with Crippen LogP contribution in [-0.2, 0) is 9.47 Å². The Balaban J connectivity index is 2.90. The fourth-order valence-corrected chi connectivity index (χ4v) is 1.65. The summed E-state index contributed by atoms with van der Waals surface area (Å²) in [5, 5.41) is 3.18. The molecule has 0 unspecified atom stereocenters. The zero-order valence-corrected chi connectivity index (χ0v) is 12.0. The van der Waals surface area contributed by atoms with Crippen LogP contribution in [0, 0.1) is 0 Å². The molecule has 1 aromatic carbocycles. The van der Waals surface area contributed by atoms with Gasteiger partial charge in [0.2, 0.25) is 5.75 Å². The molecule has 0 heterocycles. The van der Waals surface area contributed by atoms with Gasteiger partial charge in [-0.3, -0.25) is 0 Å². The number of benzene rings is 1. The Bertz CT molecular complexity index is 368. The lowest BCUT2D eigenvalue weighted by Gasteiger charge is -2.17. The van der Waals surface area contributed by atoms with Gasteiger partial charge in [-0.05, 0) is 0 Å². The molecule has 6 heteroatoms. The molecule has 0 aliphatic heterocycles. The lowest BCUT2D eigenvalue weighted by atomic mass is 10.2. The fourth-order valence-electron chi connectivity index (χ4n) is 1.65. The number of hydrogen-bond acceptors (Lipinski definition) is 6. The summed E-state index contributed by atoms with van der Waals surface area (Å²) in [6.45, 7) is 0.506. The lowest BCUT2D eigenvalue weighted by Crippen LogP contribution is -2.23. The monoisotopic (exact) mass is 271 g/mol. The Hall–Kier alpha value is -1.66. The van der Waals surface area contributed by atoms with Gasteiger partial charge in [0.1, 0.15) is 0 Å². The highest BCUT2D eigenvalue weighted by Crippen LogP contribution is 2.39. The molecule has 0 saturated carbocycles. The van der Waals surface area contributed by atoms with Gasteiger partial charge in [-0.25, -0.2) is 0 Å². The van der Waals surface area contributed by atoms with Gasteiger partial charge >= 0.3 is 0 Å². The van der Waals surface area contributed by atoms with E-state index >= 15 is 0 Å². The summed E-state index contributed by atoms with van der Waals surface area (Å²) in [6, 6.07) is 3.65. The predicted molar refractivity (Wildman–Crippen MR) is 72.4 cm³/mol. The Kier molecular flexibility index (Phi) is 6.24. The summed E-state index contributed by atoms with van der Waals surface area (Å²) in [7, 11) is 7.90. The Morgan fingerprint density at radius 2 is 1.42 bits per heavy atom. The summed E-state index contributed by atoms with van der Waals surface area (Å²) < 4.78 is 26.0. The molecule has 108 valence electrons. The topological polar surface area (TPSA) is 58.2 Å². The number of rotatable bonds is 8. The predicted octanol–water partition coefficient (Wildman–Crippen LogP) is 1.74. The van der Waals surface area contributed by atoms with Crippen LogP contribution in [0.2, 0.25) is 0 Å². The number of methoxy groups -OCH3 is 5.